The van der Waals surface area contributed by atoms with Crippen LogP contribution >= 0.6 is 0 Å². The number of hydrogen-bond acceptors (Lipinski definition) is 1. The average Bonchev–Trinajstić information content (AvgIpc) is 2.88. The molecule has 2 aromatic carbocycles. The van der Waals surface area contributed by atoms with Gasteiger partial charge in [-0.25, -0.2) is 0 Å². The van der Waals surface area contributed by atoms with Gasteiger partial charge in [0.25, 0.3) is 0 Å². The molecule has 8 heteroatoms. The van der Waals surface area contributed by atoms with Gasteiger partial charge in [-0.1, -0.05) is 6.07 Å². The molecule has 0 radical (unpaired) electrons. The number of alkyl halides is 6. The Balaban J connectivity index is 1.92. The van der Waals surface area contributed by atoms with E-state index in [4.69, 9.17) is 0 Å². The Morgan fingerprint density at radius 2 is 1.46 bits per heavy atom. The van der Waals surface area contributed by atoms with Crippen molar-refractivity contribution >= 4 is 10.9 Å². The van der Waals surface area contributed by atoms with Crippen LogP contribution in [-0.2, 0) is 6.18 Å². The minimum absolute atomic E-state index is 0.287. The summed E-state index contributed by atoms with van der Waals surface area (Å²) < 4.78 is 78.2. The first-order valence-electron chi connectivity index (χ1n) is 6.68. The summed E-state index contributed by atoms with van der Waals surface area (Å²) in [6.45, 7) is 0. The highest BCUT2D eigenvalue weighted by atomic mass is 19.4. The lowest BCUT2D eigenvalue weighted by atomic mass is 10.1. The molecule has 0 aliphatic carbocycles. The van der Waals surface area contributed by atoms with Gasteiger partial charge in [0.15, 0.2) is 0 Å². The van der Waals surface area contributed by atoms with E-state index in [0.29, 0.717) is 16.6 Å². The highest BCUT2D eigenvalue weighted by Crippen LogP contribution is 2.33. The van der Waals surface area contributed by atoms with E-state index in [0.717, 1.165) is 24.3 Å². The number of benzene rings is 2. The van der Waals surface area contributed by atoms with Gasteiger partial charge < -0.3 is 9.72 Å². The van der Waals surface area contributed by atoms with E-state index in [1.54, 1.807) is 6.07 Å². The van der Waals surface area contributed by atoms with Gasteiger partial charge in [0.05, 0.1) is 5.56 Å². The summed E-state index contributed by atoms with van der Waals surface area (Å²) in [7, 11) is 0. The molecule has 0 aliphatic rings. The third-order valence-corrected chi connectivity index (χ3v) is 3.35. The average molecular weight is 345 g/mol. The zero-order valence-corrected chi connectivity index (χ0v) is 11.8. The van der Waals surface area contributed by atoms with Crippen molar-refractivity contribution in [3.63, 3.8) is 0 Å². The Kier molecular flexibility index (Phi) is 3.70. The molecule has 126 valence electrons. The Labute approximate surface area is 131 Å². The minimum Gasteiger partial charge on any atom is -0.406 e. The van der Waals surface area contributed by atoms with Crippen LogP contribution in [0.1, 0.15) is 5.56 Å². The van der Waals surface area contributed by atoms with Crippen LogP contribution in [0.5, 0.6) is 5.75 Å². The summed E-state index contributed by atoms with van der Waals surface area (Å²) in [5.74, 6) is -0.373. The standard InChI is InChI=1S/C16H9F6NO/c17-15(18,19)11-4-1-10-7-13(23-14(10)8-11)9-2-5-12(6-3-9)24-16(20,21)22/h1-8,23H. The lowest BCUT2D eigenvalue weighted by Crippen LogP contribution is -2.16. The number of aromatic amines is 1. The van der Waals surface area contributed by atoms with E-state index >= 15 is 0 Å². The summed E-state index contributed by atoms with van der Waals surface area (Å²) in [5, 5.41) is 0.564. The Morgan fingerprint density at radius 1 is 0.792 bits per heavy atom. The molecular weight excluding hydrogens is 336 g/mol. The molecule has 0 bridgehead atoms. The predicted molar refractivity (Wildman–Crippen MR) is 75.4 cm³/mol. The van der Waals surface area contributed by atoms with Crippen molar-refractivity contribution in [3.05, 3.63) is 54.1 Å². The van der Waals surface area contributed by atoms with Crippen LogP contribution < -0.4 is 4.74 Å². The van der Waals surface area contributed by atoms with Crippen LogP contribution in [0, 0.1) is 0 Å². The SMILES string of the molecule is FC(F)(F)Oc1ccc(-c2cc3ccc(C(F)(F)F)cc3[nH]2)cc1. The smallest absolute Gasteiger partial charge is 0.406 e. The van der Waals surface area contributed by atoms with Gasteiger partial charge in [-0.05, 0) is 48.0 Å². The molecule has 0 saturated carbocycles. The number of nitrogens with one attached hydrogen (secondary N) is 1. The fraction of sp³-hybridized carbons (Fsp3) is 0.125. The molecule has 3 rings (SSSR count). The summed E-state index contributed by atoms with van der Waals surface area (Å²) >= 11 is 0. The first-order valence-corrected chi connectivity index (χ1v) is 6.68. The largest absolute Gasteiger partial charge is 0.573 e. The van der Waals surface area contributed by atoms with Gasteiger partial charge in [0.1, 0.15) is 5.75 Å². The number of halogens is 6. The van der Waals surface area contributed by atoms with Crippen LogP contribution in [0.3, 0.4) is 0 Å². The van der Waals surface area contributed by atoms with Gasteiger partial charge in [0, 0.05) is 16.6 Å². The van der Waals surface area contributed by atoms with E-state index in [2.05, 4.69) is 9.72 Å². The maximum atomic E-state index is 12.7. The molecular formula is C16H9F6NO. The fourth-order valence-corrected chi connectivity index (χ4v) is 2.30. The number of fused-ring (bicyclic) bond motifs is 1. The third kappa shape index (κ3) is 3.47. The molecule has 0 fully saturated rings. The summed E-state index contributed by atoms with van der Waals surface area (Å²) in [6, 6.07) is 9.95. The molecule has 1 heterocycles. The van der Waals surface area contributed by atoms with Crippen LogP contribution in [0.15, 0.2) is 48.5 Å². The summed E-state index contributed by atoms with van der Waals surface area (Å²) in [5.41, 5.74) is 0.518. The van der Waals surface area contributed by atoms with E-state index in [9.17, 15) is 26.3 Å². The first kappa shape index (κ1) is 16.2. The molecule has 1 N–H and O–H groups in total. The number of aromatic nitrogens is 1. The lowest BCUT2D eigenvalue weighted by Gasteiger charge is -2.08. The van der Waals surface area contributed by atoms with Crippen molar-refractivity contribution in [2.24, 2.45) is 0 Å². The van der Waals surface area contributed by atoms with Crippen LogP contribution in [0.25, 0.3) is 22.2 Å². The number of ether oxygens (including phenoxy) is 1. The molecule has 24 heavy (non-hydrogen) atoms. The third-order valence-electron chi connectivity index (χ3n) is 3.35. The van der Waals surface area contributed by atoms with Gasteiger partial charge in [0.2, 0.25) is 0 Å². The molecule has 2 nitrogen and oxygen atoms in total. The second kappa shape index (κ2) is 5.47. The Bertz CT molecular complexity index is 861. The normalized spacial score (nSPS) is 12.6. The molecule has 0 atom stereocenters. The molecule has 1 aromatic heterocycles. The number of H-pyrrole nitrogens is 1. The number of rotatable bonds is 2. The summed E-state index contributed by atoms with van der Waals surface area (Å²) in [4.78, 5) is 2.83. The maximum absolute atomic E-state index is 12.7. The van der Waals surface area contributed by atoms with Crippen molar-refractivity contribution in [3.8, 4) is 17.0 Å². The molecule has 0 amide bonds. The van der Waals surface area contributed by atoms with Crippen molar-refractivity contribution in [2.75, 3.05) is 0 Å². The maximum Gasteiger partial charge on any atom is 0.573 e. The lowest BCUT2D eigenvalue weighted by molar-refractivity contribution is -0.274. The zero-order chi connectivity index (χ0) is 17.5. The minimum atomic E-state index is -4.78. The highest BCUT2D eigenvalue weighted by molar-refractivity contribution is 5.86. The molecule has 0 unspecified atom stereocenters. The topological polar surface area (TPSA) is 25.0 Å². The van der Waals surface area contributed by atoms with Crippen molar-refractivity contribution < 1.29 is 31.1 Å². The Morgan fingerprint density at radius 3 is 2.04 bits per heavy atom. The van der Waals surface area contributed by atoms with Crippen molar-refractivity contribution in [1.29, 1.82) is 0 Å². The van der Waals surface area contributed by atoms with Crippen LogP contribution in [0.2, 0.25) is 0 Å². The van der Waals surface area contributed by atoms with Gasteiger partial charge in [-0.3, -0.25) is 0 Å². The van der Waals surface area contributed by atoms with Crippen LogP contribution in [-0.4, -0.2) is 11.3 Å². The highest BCUT2D eigenvalue weighted by Gasteiger charge is 2.31. The predicted octanol–water partition coefficient (Wildman–Crippen LogP) is 5.75. The zero-order valence-electron chi connectivity index (χ0n) is 11.8. The Hall–Kier alpha value is -2.64. The quantitative estimate of drug-likeness (QED) is 0.588. The van der Waals surface area contributed by atoms with E-state index in [1.165, 1.54) is 18.2 Å². The van der Waals surface area contributed by atoms with Crippen molar-refractivity contribution in [2.45, 2.75) is 12.5 Å². The molecule has 0 aliphatic heterocycles. The van der Waals surface area contributed by atoms with E-state index in [-0.39, 0.29) is 11.3 Å². The number of hydrogen-bond donors (Lipinski definition) is 1. The van der Waals surface area contributed by atoms with E-state index in [1.807, 2.05) is 0 Å². The van der Waals surface area contributed by atoms with Gasteiger partial charge >= 0.3 is 12.5 Å². The van der Waals surface area contributed by atoms with Crippen LogP contribution in [0.4, 0.5) is 26.3 Å². The second-order valence-electron chi connectivity index (χ2n) is 5.05. The molecule has 3 aromatic rings. The van der Waals surface area contributed by atoms with Crippen molar-refractivity contribution in [1.82, 2.24) is 4.98 Å². The summed E-state index contributed by atoms with van der Waals surface area (Å²) in [6.07, 6.45) is -9.23. The van der Waals surface area contributed by atoms with Gasteiger partial charge in [-0.15, -0.1) is 13.2 Å². The fourth-order valence-electron chi connectivity index (χ4n) is 2.30. The molecule has 0 spiro atoms. The van der Waals surface area contributed by atoms with Gasteiger partial charge in [-0.2, -0.15) is 13.2 Å². The molecule has 0 saturated heterocycles. The first-order chi connectivity index (χ1) is 11.1. The van der Waals surface area contributed by atoms with E-state index < -0.39 is 18.1 Å². The monoisotopic (exact) mass is 345 g/mol. The second-order valence-corrected chi connectivity index (χ2v) is 5.05.